The summed E-state index contributed by atoms with van der Waals surface area (Å²) in [5.41, 5.74) is 0. The molecule has 0 spiro atoms. The van der Waals surface area contributed by atoms with E-state index in [1.54, 1.807) is 0 Å². The number of hydrogen-bond acceptors (Lipinski definition) is 3. The van der Waals surface area contributed by atoms with E-state index in [9.17, 15) is 14.0 Å². The van der Waals surface area contributed by atoms with Gasteiger partial charge in [0.25, 0.3) is 0 Å². The van der Waals surface area contributed by atoms with Crippen LogP contribution in [0.2, 0.25) is 5.02 Å². The van der Waals surface area contributed by atoms with Crippen molar-refractivity contribution < 1.29 is 23.8 Å². The Morgan fingerprint density at radius 3 is 2.96 bits per heavy atom. The molecule has 1 aliphatic heterocycles. The molecule has 1 atom stereocenters. The molecule has 1 aromatic rings. The fourth-order valence-corrected chi connectivity index (χ4v) is 2.54. The quantitative estimate of drug-likeness (QED) is 0.804. The number of hydrogen-bond donors (Lipinski definition) is 2. The van der Waals surface area contributed by atoms with Gasteiger partial charge in [-0.1, -0.05) is 11.6 Å². The molecular formula is C15H18ClFN2O4. The zero-order chi connectivity index (χ0) is 16.8. The molecule has 0 bridgehead atoms. The first kappa shape index (κ1) is 17.3. The Kier molecular flexibility index (Phi) is 6.04. The molecule has 1 unspecified atom stereocenters. The third-order valence-corrected chi connectivity index (χ3v) is 3.89. The minimum Gasteiger partial charge on any atom is -0.492 e. The maximum absolute atomic E-state index is 13.0. The molecule has 2 amide bonds. The van der Waals surface area contributed by atoms with Crippen LogP contribution in [-0.4, -0.2) is 48.2 Å². The summed E-state index contributed by atoms with van der Waals surface area (Å²) >= 11 is 5.64. The Hall–Kier alpha value is -2.02. The molecule has 0 radical (unpaired) electrons. The van der Waals surface area contributed by atoms with Crippen LogP contribution in [-0.2, 0) is 4.79 Å². The van der Waals surface area contributed by atoms with Crippen LogP contribution >= 0.6 is 11.6 Å². The third-order valence-electron chi connectivity index (χ3n) is 3.60. The van der Waals surface area contributed by atoms with Gasteiger partial charge in [-0.3, -0.25) is 4.79 Å². The summed E-state index contributed by atoms with van der Waals surface area (Å²) in [7, 11) is 0. The number of halogens is 2. The first-order chi connectivity index (χ1) is 11.0. The molecule has 1 aromatic carbocycles. The number of nitrogens with zero attached hydrogens (tertiary/aromatic N) is 1. The van der Waals surface area contributed by atoms with Crippen molar-refractivity contribution in [2.24, 2.45) is 5.92 Å². The average Bonchev–Trinajstić information content (AvgIpc) is 2.54. The fourth-order valence-electron chi connectivity index (χ4n) is 2.37. The van der Waals surface area contributed by atoms with Gasteiger partial charge in [0.2, 0.25) is 0 Å². The van der Waals surface area contributed by atoms with Crippen LogP contribution in [0.1, 0.15) is 12.8 Å². The molecule has 6 nitrogen and oxygen atoms in total. The summed E-state index contributed by atoms with van der Waals surface area (Å²) in [5, 5.41) is 11.6. The monoisotopic (exact) mass is 344 g/mol. The van der Waals surface area contributed by atoms with E-state index in [1.165, 1.54) is 23.1 Å². The third kappa shape index (κ3) is 4.99. The summed E-state index contributed by atoms with van der Waals surface area (Å²) in [6.45, 7) is 1.21. The van der Waals surface area contributed by atoms with Crippen molar-refractivity contribution in [2.45, 2.75) is 12.8 Å². The number of rotatable bonds is 5. The average molecular weight is 345 g/mol. The Balaban J connectivity index is 1.72. The minimum absolute atomic E-state index is 0.0282. The second-order valence-electron chi connectivity index (χ2n) is 5.28. The lowest BCUT2D eigenvalue weighted by Gasteiger charge is -2.30. The normalized spacial score (nSPS) is 17.7. The smallest absolute Gasteiger partial charge is 0.317 e. The van der Waals surface area contributed by atoms with E-state index < -0.39 is 17.7 Å². The maximum Gasteiger partial charge on any atom is 0.317 e. The van der Waals surface area contributed by atoms with E-state index >= 15 is 0 Å². The lowest BCUT2D eigenvalue weighted by Crippen LogP contribution is -2.47. The summed E-state index contributed by atoms with van der Waals surface area (Å²) < 4.78 is 18.4. The molecule has 0 aromatic heterocycles. The number of likely N-dealkylation sites (tertiary alicyclic amines) is 1. The highest BCUT2D eigenvalue weighted by atomic mass is 35.5. The Labute approximate surface area is 138 Å². The van der Waals surface area contributed by atoms with Crippen LogP contribution in [0.25, 0.3) is 0 Å². The van der Waals surface area contributed by atoms with E-state index in [1.807, 2.05) is 0 Å². The van der Waals surface area contributed by atoms with Gasteiger partial charge in [0.05, 0.1) is 17.5 Å². The highest BCUT2D eigenvalue weighted by molar-refractivity contribution is 6.30. The number of carboxylic acids is 1. The molecular weight excluding hydrogens is 327 g/mol. The first-order valence-corrected chi connectivity index (χ1v) is 7.68. The number of ether oxygens (including phenoxy) is 1. The van der Waals surface area contributed by atoms with Crippen molar-refractivity contribution in [2.75, 3.05) is 26.2 Å². The van der Waals surface area contributed by atoms with Crippen molar-refractivity contribution >= 4 is 23.6 Å². The molecule has 2 N–H and O–H groups in total. The lowest BCUT2D eigenvalue weighted by atomic mass is 9.99. The lowest BCUT2D eigenvalue weighted by molar-refractivity contribution is -0.143. The maximum atomic E-state index is 13.0. The van der Waals surface area contributed by atoms with Gasteiger partial charge < -0.3 is 20.1 Å². The minimum atomic E-state index is -0.876. The molecule has 1 fully saturated rings. The predicted octanol–water partition coefficient (Wildman–Crippen LogP) is 2.36. The number of nitrogens with one attached hydrogen (secondary N) is 1. The van der Waals surface area contributed by atoms with Crippen molar-refractivity contribution in [1.29, 1.82) is 0 Å². The van der Waals surface area contributed by atoms with E-state index in [4.69, 9.17) is 21.4 Å². The highest BCUT2D eigenvalue weighted by Gasteiger charge is 2.27. The Morgan fingerprint density at radius 2 is 2.26 bits per heavy atom. The van der Waals surface area contributed by atoms with Gasteiger partial charge >= 0.3 is 12.0 Å². The Morgan fingerprint density at radius 1 is 1.48 bits per heavy atom. The number of carboxylic acid groups (broad SMARTS) is 1. The van der Waals surface area contributed by atoms with Gasteiger partial charge in [-0.15, -0.1) is 0 Å². The number of carbonyl (C=O) groups excluding carboxylic acids is 1. The standard InChI is InChI=1S/C15H18ClFN2O4/c16-12-8-11(3-4-13(12)17)23-7-5-18-15(22)19-6-1-2-10(9-19)14(20)21/h3-4,8,10H,1-2,5-7,9H2,(H,18,22)(H,20,21). The van der Waals surface area contributed by atoms with Crippen LogP contribution in [0.3, 0.4) is 0 Å². The van der Waals surface area contributed by atoms with Gasteiger partial charge in [-0.05, 0) is 25.0 Å². The molecule has 2 rings (SSSR count). The van der Waals surface area contributed by atoms with E-state index in [0.717, 1.165) is 0 Å². The zero-order valence-electron chi connectivity index (χ0n) is 12.4. The summed E-state index contributed by atoms with van der Waals surface area (Å²) in [6.07, 6.45) is 1.27. The summed E-state index contributed by atoms with van der Waals surface area (Å²) in [5.74, 6) is -1.49. The predicted molar refractivity (Wildman–Crippen MR) is 82.2 cm³/mol. The topological polar surface area (TPSA) is 78.9 Å². The zero-order valence-corrected chi connectivity index (χ0v) is 13.2. The summed E-state index contributed by atoms with van der Waals surface area (Å²) in [6, 6.07) is 3.71. The van der Waals surface area contributed by atoms with Crippen molar-refractivity contribution in [3.05, 3.63) is 29.0 Å². The van der Waals surface area contributed by atoms with E-state index in [2.05, 4.69) is 5.32 Å². The van der Waals surface area contributed by atoms with Crippen molar-refractivity contribution in [1.82, 2.24) is 10.2 Å². The van der Waals surface area contributed by atoms with Crippen LogP contribution in [0.4, 0.5) is 9.18 Å². The van der Waals surface area contributed by atoms with E-state index in [0.29, 0.717) is 25.1 Å². The number of benzene rings is 1. The largest absolute Gasteiger partial charge is 0.492 e. The van der Waals surface area contributed by atoms with Crippen LogP contribution < -0.4 is 10.1 Å². The van der Waals surface area contributed by atoms with Crippen LogP contribution in [0.5, 0.6) is 5.75 Å². The molecule has 126 valence electrons. The highest BCUT2D eigenvalue weighted by Crippen LogP contribution is 2.21. The second kappa shape index (κ2) is 8.01. The van der Waals surface area contributed by atoms with Gasteiger partial charge in [0.15, 0.2) is 0 Å². The molecule has 0 aliphatic carbocycles. The number of urea groups is 1. The molecule has 1 heterocycles. The second-order valence-corrected chi connectivity index (χ2v) is 5.69. The van der Waals surface area contributed by atoms with Crippen LogP contribution in [0.15, 0.2) is 18.2 Å². The number of amides is 2. The van der Waals surface area contributed by atoms with Gasteiger partial charge in [-0.2, -0.15) is 0 Å². The summed E-state index contributed by atoms with van der Waals surface area (Å²) in [4.78, 5) is 24.4. The number of aliphatic carboxylic acids is 1. The first-order valence-electron chi connectivity index (χ1n) is 7.31. The SMILES string of the molecule is O=C(O)C1CCCN(C(=O)NCCOc2ccc(F)c(Cl)c2)C1. The van der Waals surface area contributed by atoms with Gasteiger partial charge in [-0.25, -0.2) is 9.18 Å². The van der Waals surface area contributed by atoms with Gasteiger partial charge in [0.1, 0.15) is 18.2 Å². The molecule has 8 heteroatoms. The molecule has 1 saturated heterocycles. The molecule has 0 saturated carbocycles. The number of carbonyl (C=O) groups is 2. The van der Waals surface area contributed by atoms with Gasteiger partial charge in [0, 0.05) is 19.2 Å². The molecule has 1 aliphatic rings. The fraction of sp³-hybridized carbons (Fsp3) is 0.467. The Bertz CT molecular complexity index is 585. The molecule has 23 heavy (non-hydrogen) atoms. The van der Waals surface area contributed by atoms with E-state index in [-0.39, 0.29) is 30.8 Å². The number of piperidine rings is 1. The van der Waals surface area contributed by atoms with Crippen molar-refractivity contribution in [3.8, 4) is 5.75 Å². The van der Waals surface area contributed by atoms with Crippen molar-refractivity contribution in [3.63, 3.8) is 0 Å². The van der Waals surface area contributed by atoms with Crippen LogP contribution in [0, 0.1) is 11.7 Å².